The summed E-state index contributed by atoms with van der Waals surface area (Å²) in [5, 5.41) is 15.7. The first-order valence-corrected chi connectivity index (χ1v) is 7.48. The first-order chi connectivity index (χ1) is 11.4. The number of hydrogen-bond donors (Lipinski definition) is 1. The second kappa shape index (κ2) is 5.92. The highest BCUT2D eigenvalue weighted by atomic mass is 19.1. The van der Waals surface area contributed by atoms with Gasteiger partial charge in [-0.15, -0.1) is 0 Å². The van der Waals surface area contributed by atoms with E-state index in [0.29, 0.717) is 36.9 Å². The summed E-state index contributed by atoms with van der Waals surface area (Å²) in [6.07, 6.45) is 0.519. The quantitative estimate of drug-likeness (QED) is 0.919. The molecule has 0 bridgehead atoms. The van der Waals surface area contributed by atoms with Gasteiger partial charge in [0.2, 0.25) is 11.8 Å². The molecular weight excluding hydrogens is 313 g/mol. The van der Waals surface area contributed by atoms with Crippen LogP contribution >= 0.6 is 0 Å². The van der Waals surface area contributed by atoms with Crippen molar-refractivity contribution in [3.8, 4) is 6.07 Å². The summed E-state index contributed by atoms with van der Waals surface area (Å²) in [4.78, 5) is 17.7. The van der Waals surface area contributed by atoms with Gasteiger partial charge < -0.3 is 14.7 Å². The number of halogens is 1. The number of aromatic nitrogens is 2. The summed E-state index contributed by atoms with van der Waals surface area (Å²) in [6.45, 7) is 3.91. The van der Waals surface area contributed by atoms with Gasteiger partial charge in [-0.25, -0.2) is 4.39 Å². The lowest BCUT2D eigenvalue weighted by Gasteiger charge is -2.27. The van der Waals surface area contributed by atoms with Gasteiger partial charge in [0.1, 0.15) is 11.4 Å². The number of anilines is 1. The highest BCUT2D eigenvalue weighted by molar-refractivity contribution is 5.74. The van der Waals surface area contributed by atoms with Crippen molar-refractivity contribution in [3.63, 3.8) is 0 Å². The molecule has 1 aliphatic heterocycles. The SMILES string of the molecule is CC(=O)N[C@@]1(c2noc(C)n2)CCN(c2ccc(C#N)cc2F)C1. The molecule has 0 saturated carbocycles. The molecule has 1 aromatic heterocycles. The summed E-state index contributed by atoms with van der Waals surface area (Å²) < 4.78 is 19.3. The van der Waals surface area contributed by atoms with Gasteiger partial charge in [-0.1, -0.05) is 5.16 Å². The number of carbonyl (C=O) groups excluding carboxylic acids is 1. The minimum atomic E-state index is -0.829. The van der Waals surface area contributed by atoms with Crippen LogP contribution in [-0.4, -0.2) is 29.1 Å². The van der Waals surface area contributed by atoms with Crippen molar-refractivity contribution < 1.29 is 13.7 Å². The third-order valence-corrected chi connectivity index (χ3v) is 4.06. The van der Waals surface area contributed by atoms with Crippen molar-refractivity contribution in [2.45, 2.75) is 25.8 Å². The smallest absolute Gasteiger partial charge is 0.223 e. The molecule has 0 radical (unpaired) electrons. The first-order valence-electron chi connectivity index (χ1n) is 7.48. The lowest BCUT2D eigenvalue weighted by Crippen LogP contribution is -2.48. The summed E-state index contributed by atoms with van der Waals surface area (Å²) in [6, 6.07) is 6.24. The average molecular weight is 329 g/mol. The van der Waals surface area contributed by atoms with Crippen molar-refractivity contribution in [1.82, 2.24) is 15.5 Å². The molecule has 0 aliphatic carbocycles. The molecule has 2 aromatic rings. The van der Waals surface area contributed by atoms with Gasteiger partial charge in [-0.3, -0.25) is 4.79 Å². The fourth-order valence-electron chi connectivity index (χ4n) is 3.02. The highest BCUT2D eigenvalue weighted by Gasteiger charge is 2.44. The summed E-state index contributed by atoms with van der Waals surface area (Å²) >= 11 is 0. The van der Waals surface area contributed by atoms with Crippen LogP contribution in [0.2, 0.25) is 0 Å². The Labute approximate surface area is 138 Å². The van der Waals surface area contributed by atoms with E-state index in [1.54, 1.807) is 24.0 Å². The molecule has 1 saturated heterocycles. The third-order valence-electron chi connectivity index (χ3n) is 4.06. The second-order valence-electron chi connectivity index (χ2n) is 5.85. The van der Waals surface area contributed by atoms with Gasteiger partial charge >= 0.3 is 0 Å². The van der Waals surface area contributed by atoms with E-state index in [1.165, 1.54) is 13.0 Å². The molecule has 1 aromatic carbocycles. The van der Waals surface area contributed by atoms with Crippen LogP contribution in [0.3, 0.4) is 0 Å². The van der Waals surface area contributed by atoms with Crippen LogP contribution in [0.15, 0.2) is 22.7 Å². The van der Waals surface area contributed by atoms with Crippen LogP contribution in [-0.2, 0) is 10.3 Å². The molecule has 1 atom stereocenters. The van der Waals surface area contributed by atoms with Gasteiger partial charge in [0.05, 0.1) is 17.3 Å². The van der Waals surface area contributed by atoms with Crippen LogP contribution in [0, 0.1) is 24.1 Å². The maximum absolute atomic E-state index is 14.3. The third kappa shape index (κ3) is 2.80. The Hall–Kier alpha value is -2.95. The van der Waals surface area contributed by atoms with Crippen molar-refractivity contribution >= 4 is 11.6 Å². The van der Waals surface area contributed by atoms with E-state index >= 15 is 0 Å². The Balaban J connectivity index is 1.93. The van der Waals surface area contributed by atoms with Gasteiger partial charge in [0.15, 0.2) is 5.82 Å². The van der Waals surface area contributed by atoms with Crippen LogP contribution in [0.25, 0.3) is 0 Å². The first kappa shape index (κ1) is 15.9. The number of carbonyl (C=O) groups is 1. The minimum Gasteiger partial charge on any atom is -0.366 e. The van der Waals surface area contributed by atoms with E-state index in [9.17, 15) is 9.18 Å². The van der Waals surface area contributed by atoms with E-state index in [1.807, 2.05) is 6.07 Å². The van der Waals surface area contributed by atoms with Crippen LogP contribution < -0.4 is 10.2 Å². The number of benzene rings is 1. The normalized spacial score (nSPS) is 20.0. The zero-order chi connectivity index (χ0) is 17.3. The molecule has 24 heavy (non-hydrogen) atoms. The summed E-state index contributed by atoms with van der Waals surface area (Å²) in [5.74, 6) is 0.0843. The average Bonchev–Trinajstić information content (AvgIpc) is 3.14. The molecule has 124 valence electrons. The zero-order valence-corrected chi connectivity index (χ0v) is 13.3. The second-order valence-corrected chi connectivity index (χ2v) is 5.85. The van der Waals surface area contributed by atoms with E-state index in [2.05, 4.69) is 15.5 Å². The number of hydrogen-bond acceptors (Lipinski definition) is 6. The van der Waals surface area contributed by atoms with E-state index in [-0.39, 0.29) is 11.5 Å². The van der Waals surface area contributed by atoms with Crippen molar-refractivity contribution in [3.05, 3.63) is 41.3 Å². The Bertz CT molecular complexity index is 828. The number of amides is 1. The highest BCUT2D eigenvalue weighted by Crippen LogP contribution is 2.34. The Morgan fingerprint density at radius 2 is 2.33 bits per heavy atom. The van der Waals surface area contributed by atoms with Crippen LogP contribution in [0.5, 0.6) is 0 Å². The van der Waals surface area contributed by atoms with E-state index in [4.69, 9.17) is 9.78 Å². The zero-order valence-electron chi connectivity index (χ0n) is 13.3. The minimum absolute atomic E-state index is 0.223. The Kier molecular flexibility index (Phi) is 3.93. The van der Waals surface area contributed by atoms with E-state index in [0.717, 1.165) is 0 Å². The fraction of sp³-hybridized carbons (Fsp3) is 0.375. The summed E-state index contributed by atoms with van der Waals surface area (Å²) in [5.41, 5.74) is -0.192. The number of rotatable bonds is 3. The monoisotopic (exact) mass is 329 g/mol. The molecule has 3 rings (SSSR count). The van der Waals surface area contributed by atoms with Gasteiger partial charge in [-0.05, 0) is 24.6 Å². The molecule has 0 spiro atoms. The lowest BCUT2D eigenvalue weighted by molar-refractivity contribution is -0.120. The molecule has 2 heterocycles. The fourth-order valence-corrected chi connectivity index (χ4v) is 3.02. The number of nitrogens with zero attached hydrogens (tertiary/aromatic N) is 4. The van der Waals surface area contributed by atoms with Gasteiger partial charge in [0.25, 0.3) is 0 Å². The number of nitriles is 1. The molecular formula is C16H16FN5O2. The number of aryl methyl sites for hydroxylation is 1. The maximum Gasteiger partial charge on any atom is 0.223 e. The van der Waals surface area contributed by atoms with Gasteiger partial charge in [-0.2, -0.15) is 10.2 Å². The van der Waals surface area contributed by atoms with Crippen LogP contribution in [0.4, 0.5) is 10.1 Å². The molecule has 1 N–H and O–H groups in total. The van der Waals surface area contributed by atoms with Crippen molar-refractivity contribution in [2.75, 3.05) is 18.0 Å². The van der Waals surface area contributed by atoms with Crippen molar-refractivity contribution in [2.24, 2.45) is 0 Å². The molecule has 1 fully saturated rings. The molecule has 0 unspecified atom stereocenters. The van der Waals surface area contributed by atoms with E-state index < -0.39 is 11.4 Å². The van der Waals surface area contributed by atoms with Crippen LogP contribution in [0.1, 0.15) is 30.6 Å². The Morgan fingerprint density at radius 1 is 1.54 bits per heavy atom. The topological polar surface area (TPSA) is 95.1 Å². The predicted molar refractivity (Wildman–Crippen MR) is 82.5 cm³/mol. The lowest BCUT2D eigenvalue weighted by atomic mass is 9.97. The predicted octanol–water partition coefficient (Wildman–Crippen LogP) is 1.63. The van der Waals surface area contributed by atoms with Gasteiger partial charge in [0, 0.05) is 26.9 Å². The Morgan fingerprint density at radius 3 is 2.92 bits per heavy atom. The largest absolute Gasteiger partial charge is 0.366 e. The standard InChI is InChI=1S/C16H16FN5O2/c1-10(23)20-16(15-19-11(2)24-21-15)5-6-22(9-16)14-4-3-12(8-18)7-13(14)17/h3-4,7H,5-6,9H2,1-2H3,(H,20,23)/t16-/m0/s1. The van der Waals surface area contributed by atoms with Crippen molar-refractivity contribution in [1.29, 1.82) is 5.26 Å². The number of nitrogens with one attached hydrogen (secondary N) is 1. The molecule has 1 aliphatic rings. The summed E-state index contributed by atoms with van der Waals surface area (Å²) in [7, 11) is 0. The maximum atomic E-state index is 14.3. The molecule has 7 nitrogen and oxygen atoms in total. The molecule has 1 amide bonds. The molecule has 8 heteroatoms.